The number of carbonyl (C=O) groups excluding carboxylic acids is 1. The second-order valence-corrected chi connectivity index (χ2v) is 5.40. The minimum absolute atomic E-state index is 0.0846. The summed E-state index contributed by atoms with van der Waals surface area (Å²) in [5, 5.41) is 0. The summed E-state index contributed by atoms with van der Waals surface area (Å²) in [7, 11) is 0. The first-order valence-electron chi connectivity index (χ1n) is 7.34. The van der Waals surface area contributed by atoms with Crippen molar-refractivity contribution < 1.29 is 9.53 Å². The molecule has 5 nitrogen and oxygen atoms in total. The number of fused-ring (bicyclic) bond motifs is 1. The van der Waals surface area contributed by atoms with Crippen LogP contribution < -0.4 is 0 Å². The van der Waals surface area contributed by atoms with Crippen LogP contribution in [0.1, 0.15) is 23.7 Å². The van der Waals surface area contributed by atoms with E-state index in [-0.39, 0.29) is 18.1 Å². The predicted molar refractivity (Wildman–Crippen MR) is 75.5 cm³/mol. The highest BCUT2D eigenvalue weighted by Gasteiger charge is 2.38. The number of aromatic nitrogens is 1. The third-order valence-electron chi connectivity index (χ3n) is 4.29. The monoisotopic (exact) mass is 275 g/mol. The molecule has 0 saturated carbocycles. The fraction of sp³-hybridized carbons (Fsp3) is 0.600. The van der Waals surface area contributed by atoms with Crippen LogP contribution in [0, 0.1) is 0 Å². The van der Waals surface area contributed by atoms with Gasteiger partial charge in [-0.1, -0.05) is 6.92 Å². The van der Waals surface area contributed by atoms with Crippen molar-refractivity contribution in [2.75, 3.05) is 32.8 Å². The first-order valence-corrected chi connectivity index (χ1v) is 7.34. The Morgan fingerprint density at radius 2 is 2.40 bits per heavy atom. The average molecular weight is 275 g/mol. The van der Waals surface area contributed by atoms with Crippen molar-refractivity contribution in [1.29, 1.82) is 0 Å². The SMILES string of the molecule is CCN1CC[C@@H]2[C@H](C1)OCCN2C(=O)c1cccnc1. The summed E-state index contributed by atoms with van der Waals surface area (Å²) in [6.45, 7) is 6.49. The van der Waals surface area contributed by atoms with Crippen LogP contribution in [0.2, 0.25) is 0 Å². The second-order valence-electron chi connectivity index (χ2n) is 5.40. The zero-order valence-electron chi connectivity index (χ0n) is 11.9. The van der Waals surface area contributed by atoms with Gasteiger partial charge in [-0.05, 0) is 25.1 Å². The minimum Gasteiger partial charge on any atom is -0.373 e. The molecule has 2 saturated heterocycles. The summed E-state index contributed by atoms with van der Waals surface area (Å²) >= 11 is 0. The molecule has 5 heteroatoms. The van der Waals surface area contributed by atoms with Crippen molar-refractivity contribution >= 4 is 5.91 Å². The maximum atomic E-state index is 12.6. The van der Waals surface area contributed by atoms with Crippen LogP contribution in [0.5, 0.6) is 0 Å². The second kappa shape index (κ2) is 5.89. The zero-order valence-corrected chi connectivity index (χ0v) is 11.9. The van der Waals surface area contributed by atoms with E-state index in [1.807, 2.05) is 17.0 Å². The van der Waals surface area contributed by atoms with Gasteiger partial charge in [0.2, 0.25) is 0 Å². The number of likely N-dealkylation sites (tertiary alicyclic amines) is 1. The molecule has 3 rings (SSSR count). The molecule has 20 heavy (non-hydrogen) atoms. The fourth-order valence-electron chi connectivity index (χ4n) is 3.15. The molecule has 0 spiro atoms. The lowest BCUT2D eigenvalue weighted by molar-refractivity contribution is -0.0912. The highest BCUT2D eigenvalue weighted by Crippen LogP contribution is 2.24. The Morgan fingerprint density at radius 3 is 3.15 bits per heavy atom. The van der Waals surface area contributed by atoms with Gasteiger partial charge in [0.25, 0.3) is 5.91 Å². The number of ether oxygens (including phenoxy) is 1. The first-order chi connectivity index (χ1) is 9.79. The summed E-state index contributed by atoms with van der Waals surface area (Å²) in [5.74, 6) is 0.0846. The van der Waals surface area contributed by atoms with E-state index < -0.39 is 0 Å². The van der Waals surface area contributed by atoms with Crippen molar-refractivity contribution in [3.8, 4) is 0 Å². The number of hydrogen-bond donors (Lipinski definition) is 0. The maximum Gasteiger partial charge on any atom is 0.255 e. The lowest BCUT2D eigenvalue weighted by Crippen LogP contribution is -2.60. The Balaban J connectivity index is 1.75. The maximum absolute atomic E-state index is 12.6. The number of pyridine rings is 1. The van der Waals surface area contributed by atoms with E-state index in [9.17, 15) is 4.79 Å². The molecular weight excluding hydrogens is 254 g/mol. The fourth-order valence-corrected chi connectivity index (χ4v) is 3.15. The standard InChI is InChI=1S/C15H21N3O2/c1-2-17-7-5-13-14(11-17)20-9-8-18(13)15(19)12-4-3-6-16-10-12/h3-4,6,10,13-14H,2,5,7-9,11H2,1H3/t13-,14+/m1/s1. The van der Waals surface area contributed by atoms with E-state index >= 15 is 0 Å². The Hall–Kier alpha value is -1.46. The molecule has 0 aliphatic carbocycles. The molecule has 2 fully saturated rings. The first kappa shape index (κ1) is 13.5. The normalized spacial score (nSPS) is 27.1. The molecule has 0 aromatic carbocycles. The molecule has 2 atom stereocenters. The Bertz CT molecular complexity index is 465. The highest BCUT2D eigenvalue weighted by atomic mass is 16.5. The van der Waals surface area contributed by atoms with Crippen molar-refractivity contribution in [3.05, 3.63) is 30.1 Å². The number of nitrogens with zero attached hydrogens (tertiary/aromatic N) is 3. The van der Waals surface area contributed by atoms with E-state index in [4.69, 9.17) is 4.74 Å². The van der Waals surface area contributed by atoms with E-state index in [1.165, 1.54) is 0 Å². The van der Waals surface area contributed by atoms with E-state index in [0.29, 0.717) is 18.7 Å². The number of carbonyl (C=O) groups is 1. The largest absolute Gasteiger partial charge is 0.373 e. The molecule has 0 N–H and O–H groups in total. The molecule has 0 unspecified atom stereocenters. The Kier molecular flexibility index (Phi) is 3.98. The van der Waals surface area contributed by atoms with Crippen molar-refractivity contribution in [1.82, 2.24) is 14.8 Å². The molecule has 1 aromatic rings. The minimum atomic E-state index is 0.0846. The molecule has 1 amide bonds. The summed E-state index contributed by atoms with van der Waals surface area (Å²) in [6, 6.07) is 3.85. The van der Waals surface area contributed by atoms with Crippen LogP contribution in [-0.2, 0) is 4.74 Å². The van der Waals surface area contributed by atoms with Gasteiger partial charge in [0.05, 0.1) is 24.3 Å². The molecule has 2 aliphatic heterocycles. The molecule has 0 bridgehead atoms. The van der Waals surface area contributed by atoms with Gasteiger partial charge in [0.1, 0.15) is 0 Å². The van der Waals surface area contributed by atoms with Gasteiger partial charge in [-0.3, -0.25) is 9.78 Å². The van der Waals surface area contributed by atoms with Crippen LogP contribution in [-0.4, -0.2) is 65.6 Å². The van der Waals surface area contributed by atoms with E-state index in [0.717, 1.165) is 26.1 Å². The molecular formula is C15H21N3O2. The van der Waals surface area contributed by atoms with Crippen LogP contribution in [0.3, 0.4) is 0 Å². The van der Waals surface area contributed by atoms with Crippen molar-refractivity contribution in [3.63, 3.8) is 0 Å². The Labute approximate surface area is 119 Å². The zero-order chi connectivity index (χ0) is 13.9. The number of likely N-dealkylation sites (N-methyl/N-ethyl adjacent to an activating group) is 1. The summed E-state index contributed by atoms with van der Waals surface area (Å²) in [5.41, 5.74) is 0.672. The van der Waals surface area contributed by atoms with Gasteiger partial charge in [-0.15, -0.1) is 0 Å². The topological polar surface area (TPSA) is 45.7 Å². The predicted octanol–water partition coefficient (Wildman–Crippen LogP) is 1.02. The van der Waals surface area contributed by atoms with E-state index in [2.05, 4.69) is 16.8 Å². The van der Waals surface area contributed by atoms with Crippen LogP contribution in [0.4, 0.5) is 0 Å². The third kappa shape index (κ3) is 2.55. The molecule has 1 aromatic heterocycles. The molecule has 108 valence electrons. The lowest BCUT2D eigenvalue weighted by Gasteiger charge is -2.46. The summed E-state index contributed by atoms with van der Waals surface area (Å²) < 4.78 is 5.88. The third-order valence-corrected chi connectivity index (χ3v) is 4.29. The highest BCUT2D eigenvalue weighted by molar-refractivity contribution is 5.94. The number of piperidine rings is 1. The van der Waals surface area contributed by atoms with E-state index in [1.54, 1.807) is 12.4 Å². The van der Waals surface area contributed by atoms with Gasteiger partial charge >= 0.3 is 0 Å². The van der Waals surface area contributed by atoms with Crippen LogP contribution in [0.15, 0.2) is 24.5 Å². The summed E-state index contributed by atoms with van der Waals surface area (Å²) in [6.07, 6.45) is 4.48. The molecule has 3 heterocycles. The molecule has 2 aliphatic rings. The quantitative estimate of drug-likeness (QED) is 0.808. The number of amides is 1. The van der Waals surface area contributed by atoms with Gasteiger partial charge in [0.15, 0.2) is 0 Å². The lowest BCUT2D eigenvalue weighted by atomic mass is 9.97. The Morgan fingerprint density at radius 1 is 1.50 bits per heavy atom. The van der Waals surface area contributed by atoms with Crippen molar-refractivity contribution in [2.45, 2.75) is 25.5 Å². The van der Waals surface area contributed by atoms with Crippen molar-refractivity contribution in [2.24, 2.45) is 0 Å². The van der Waals surface area contributed by atoms with Gasteiger partial charge in [0, 0.05) is 32.0 Å². The van der Waals surface area contributed by atoms with Gasteiger partial charge < -0.3 is 14.5 Å². The van der Waals surface area contributed by atoms with Gasteiger partial charge in [-0.2, -0.15) is 0 Å². The summed E-state index contributed by atoms with van der Waals surface area (Å²) in [4.78, 5) is 21.0. The smallest absolute Gasteiger partial charge is 0.255 e. The van der Waals surface area contributed by atoms with Crippen LogP contribution in [0.25, 0.3) is 0 Å². The van der Waals surface area contributed by atoms with Gasteiger partial charge in [-0.25, -0.2) is 0 Å². The number of morpholine rings is 1. The number of rotatable bonds is 2. The molecule has 0 radical (unpaired) electrons. The average Bonchev–Trinajstić information content (AvgIpc) is 2.54. The van der Waals surface area contributed by atoms with Crippen LogP contribution >= 0.6 is 0 Å². The number of hydrogen-bond acceptors (Lipinski definition) is 4.